The highest BCUT2D eigenvalue weighted by molar-refractivity contribution is 5.89. The summed E-state index contributed by atoms with van der Waals surface area (Å²) in [4.78, 5) is 26.3. The van der Waals surface area contributed by atoms with Crippen molar-refractivity contribution in [2.75, 3.05) is 37.8 Å². The minimum Gasteiger partial charge on any atom is -0.447 e. The van der Waals surface area contributed by atoms with Crippen molar-refractivity contribution in [2.24, 2.45) is 0 Å². The highest BCUT2D eigenvalue weighted by Gasteiger charge is 2.41. The lowest BCUT2D eigenvalue weighted by Gasteiger charge is -2.36. The molecule has 2 aliphatic heterocycles. The van der Waals surface area contributed by atoms with E-state index < -0.39 is 5.41 Å². The van der Waals surface area contributed by atoms with E-state index in [9.17, 15) is 9.59 Å². The molecule has 2 fully saturated rings. The summed E-state index contributed by atoms with van der Waals surface area (Å²) in [7, 11) is 0. The maximum Gasteiger partial charge on any atom is 0.414 e. The van der Waals surface area contributed by atoms with Crippen molar-refractivity contribution >= 4 is 17.7 Å². The fourth-order valence-corrected chi connectivity index (χ4v) is 3.92. The second-order valence-electron chi connectivity index (χ2n) is 7.36. The van der Waals surface area contributed by atoms with Crippen LogP contribution in [0, 0.1) is 11.8 Å². The topological polar surface area (TPSA) is 67.9 Å². The van der Waals surface area contributed by atoms with Crippen LogP contribution in [0.25, 0.3) is 0 Å². The Kier molecular flexibility index (Phi) is 6.01. The van der Waals surface area contributed by atoms with Crippen LogP contribution in [0.4, 0.5) is 10.5 Å². The van der Waals surface area contributed by atoms with Gasteiger partial charge in [0.1, 0.15) is 6.61 Å². The first-order valence-electron chi connectivity index (χ1n) is 10.1. The van der Waals surface area contributed by atoms with Crippen molar-refractivity contribution in [1.82, 2.24) is 5.32 Å². The SMILES string of the molecule is O=C1OCCN1c1ccc(C#CCNC(=O)C2(c3ccccc3)CCOCC2)cc1. The third-order valence-corrected chi connectivity index (χ3v) is 5.62. The molecule has 6 heteroatoms. The fraction of sp³-hybridized carbons (Fsp3) is 0.333. The second-order valence-corrected chi connectivity index (χ2v) is 7.36. The van der Waals surface area contributed by atoms with Crippen molar-refractivity contribution in [3.63, 3.8) is 0 Å². The number of cyclic esters (lactones) is 1. The predicted molar refractivity (Wildman–Crippen MR) is 113 cm³/mol. The molecule has 2 heterocycles. The van der Waals surface area contributed by atoms with Gasteiger partial charge in [0, 0.05) is 24.5 Å². The highest BCUT2D eigenvalue weighted by atomic mass is 16.6. The van der Waals surface area contributed by atoms with Crippen LogP contribution in [0.15, 0.2) is 54.6 Å². The molecule has 154 valence electrons. The summed E-state index contributed by atoms with van der Waals surface area (Å²) in [6.45, 7) is 2.39. The van der Waals surface area contributed by atoms with E-state index >= 15 is 0 Å². The highest BCUT2D eigenvalue weighted by Crippen LogP contribution is 2.35. The molecule has 2 aliphatic rings. The van der Waals surface area contributed by atoms with Crippen molar-refractivity contribution in [2.45, 2.75) is 18.3 Å². The van der Waals surface area contributed by atoms with Gasteiger partial charge < -0.3 is 14.8 Å². The minimum absolute atomic E-state index is 0.00538. The summed E-state index contributed by atoms with van der Waals surface area (Å²) < 4.78 is 10.4. The van der Waals surface area contributed by atoms with E-state index in [1.165, 1.54) is 0 Å². The summed E-state index contributed by atoms with van der Waals surface area (Å²) in [5, 5.41) is 2.99. The van der Waals surface area contributed by atoms with Gasteiger partial charge in [-0.05, 0) is 42.7 Å². The van der Waals surface area contributed by atoms with Gasteiger partial charge in [0.2, 0.25) is 5.91 Å². The third kappa shape index (κ3) is 4.17. The number of carbonyl (C=O) groups is 2. The lowest BCUT2D eigenvalue weighted by atomic mass is 9.73. The number of ether oxygens (including phenoxy) is 2. The average Bonchev–Trinajstić information content (AvgIpc) is 3.24. The van der Waals surface area contributed by atoms with E-state index in [1.807, 2.05) is 54.6 Å². The maximum atomic E-state index is 13.1. The van der Waals surface area contributed by atoms with Crippen LogP contribution in [-0.4, -0.2) is 44.9 Å². The number of amides is 2. The molecule has 0 radical (unpaired) electrons. The van der Waals surface area contributed by atoms with E-state index in [0.29, 0.717) is 39.2 Å². The summed E-state index contributed by atoms with van der Waals surface area (Å²) in [6, 6.07) is 17.3. The molecule has 2 aromatic carbocycles. The Hall–Kier alpha value is -3.30. The molecule has 2 aromatic rings. The van der Waals surface area contributed by atoms with E-state index in [0.717, 1.165) is 16.8 Å². The lowest BCUT2D eigenvalue weighted by molar-refractivity contribution is -0.130. The van der Waals surface area contributed by atoms with Gasteiger partial charge in [0.05, 0.1) is 18.5 Å². The van der Waals surface area contributed by atoms with E-state index in [2.05, 4.69) is 17.2 Å². The van der Waals surface area contributed by atoms with Crippen molar-refractivity contribution < 1.29 is 19.1 Å². The van der Waals surface area contributed by atoms with Crippen LogP contribution in [0.3, 0.4) is 0 Å². The number of carbonyl (C=O) groups excluding carboxylic acids is 2. The Balaban J connectivity index is 1.38. The fourth-order valence-electron chi connectivity index (χ4n) is 3.92. The van der Waals surface area contributed by atoms with Crippen LogP contribution >= 0.6 is 0 Å². The van der Waals surface area contributed by atoms with Crippen LogP contribution < -0.4 is 10.2 Å². The van der Waals surface area contributed by atoms with E-state index in [-0.39, 0.29) is 18.5 Å². The monoisotopic (exact) mass is 404 g/mol. The molecule has 30 heavy (non-hydrogen) atoms. The smallest absolute Gasteiger partial charge is 0.414 e. The molecule has 1 N–H and O–H groups in total. The Labute approximate surface area is 176 Å². The Morgan fingerprint density at radius 2 is 1.77 bits per heavy atom. The summed E-state index contributed by atoms with van der Waals surface area (Å²) in [5.41, 5.74) is 2.08. The van der Waals surface area contributed by atoms with Gasteiger partial charge in [0.15, 0.2) is 0 Å². The number of benzene rings is 2. The van der Waals surface area contributed by atoms with E-state index in [4.69, 9.17) is 9.47 Å². The molecule has 0 saturated carbocycles. The lowest BCUT2D eigenvalue weighted by Crippen LogP contribution is -2.48. The Morgan fingerprint density at radius 1 is 1.03 bits per heavy atom. The normalized spacial score (nSPS) is 17.6. The third-order valence-electron chi connectivity index (χ3n) is 5.62. The molecule has 0 spiro atoms. The number of nitrogens with zero attached hydrogens (tertiary/aromatic N) is 1. The number of hydrogen-bond acceptors (Lipinski definition) is 4. The zero-order valence-electron chi connectivity index (χ0n) is 16.7. The van der Waals surface area contributed by atoms with Gasteiger partial charge in [-0.1, -0.05) is 42.2 Å². The van der Waals surface area contributed by atoms with Crippen LogP contribution in [-0.2, 0) is 19.7 Å². The average molecular weight is 404 g/mol. The second kappa shape index (κ2) is 9.02. The minimum atomic E-state index is -0.562. The molecule has 0 bridgehead atoms. The molecular weight excluding hydrogens is 380 g/mol. The van der Waals surface area contributed by atoms with Gasteiger partial charge in [-0.15, -0.1) is 0 Å². The summed E-state index contributed by atoms with van der Waals surface area (Å²) >= 11 is 0. The number of rotatable bonds is 4. The van der Waals surface area contributed by atoms with Crippen LogP contribution in [0.1, 0.15) is 24.0 Å². The molecular formula is C24H24N2O4. The molecule has 0 unspecified atom stereocenters. The molecule has 6 nitrogen and oxygen atoms in total. The maximum absolute atomic E-state index is 13.1. The van der Waals surface area contributed by atoms with Gasteiger partial charge in [-0.3, -0.25) is 9.69 Å². The zero-order chi connectivity index (χ0) is 20.8. The molecule has 2 saturated heterocycles. The summed E-state index contributed by atoms with van der Waals surface area (Å²) in [6.07, 6.45) is 1.00. The molecule has 0 aliphatic carbocycles. The number of nitrogens with one attached hydrogen (secondary N) is 1. The van der Waals surface area contributed by atoms with Gasteiger partial charge >= 0.3 is 6.09 Å². The van der Waals surface area contributed by atoms with Crippen molar-refractivity contribution in [1.29, 1.82) is 0 Å². The van der Waals surface area contributed by atoms with Gasteiger partial charge in [0.25, 0.3) is 0 Å². The Bertz CT molecular complexity index is 954. The van der Waals surface area contributed by atoms with Crippen molar-refractivity contribution in [3.8, 4) is 11.8 Å². The van der Waals surface area contributed by atoms with Crippen molar-refractivity contribution in [3.05, 3.63) is 65.7 Å². The standard InChI is InChI=1S/C24H24N2O4/c27-22(24(12-16-29-17-13-24)20-6-2-1-3-7-20)25-14-4-5-19-8-10-21(11-9-19)26-15-18-30-23(26)28/h1-3,6-11H,12-18H2,(H,25,27). The first kappa shape index (κ1) is 20.0. The number of anilines is 1. The quantitative estimate of drug-likeness (QED) is 0.796. The van der Waals surface area contributed by atoms with E-state index in [1.54, 1.807) is 4.90 Å². The van der Waals surface area contributed by atoms with Gasteiger partial charge in [-0.25, -0.2) is 4.79 Å². The first-order chi connectivity index (χ1) is 14.7. The van der Waals surface area contributed by atoms with Crippen LogP contribution in [0.5, 0.6) is 0 Å². The molecule has 0 aromatic heterocycles. The molecule has 0 atom stereocenters. The predicted octanol–water partition coefficient (Wildman–Crippen LogP) is 2.86. The molecule has 4 rings (SSSR count). The first-order valence-corrected chi connectivity index (χ1v) is 10.1. The summed E-state index contributed by atoms with van der Waals surface area (Å²) in [5.74, 6) is 6.07. The number of hydrogen-bond donors (Lipinski definition) is 1. The Morgan fingerprint density at radius 3 is 2.43 bits per heavy atom. The zero-order valence-corrected chi connectivity index (χ0v) is 16.7. The largest absolute Gasteiger partial charge is 0.447 e. The molecule has 2 amide bonds. The van der Waals surface area contributed by atoms with Crippen LogP contribution in [0.2, 0.25) is 0 Å². The van der Waals surface area contributed by atoms with Gasteiger partial charge in [-0.2, -0.15) is 0 Å².